The van der Waals surface area contributed by atoms with Gasteiger partial charge in [-0.15, -0.1) is 0 Å². The molecule has 0 aromatic carbocycles. The number of carbonyl (C=O) groups excluding carboxylic acids is 1. The average Bonchev–Trinajstić information content (AvgIpc) is 2.68. The van der Waals surface area contributed by atoms with Crippen LogP contribution < -0.4 is 0 Å². The third-order valence-corrected chi connectivity index (χ3v) is 3.08. The molecule has 1 N–H and O–H groups in total. The summed E-state index contributed by atoms with van der Waals surface area (Å²) in [6.07, 6.45) is 1.40. The molecule has 6 heteroatoms. The lowest BCUT2D eigenvalue weighted by Gasteiger charge is -2.32. The smallest absolute Gasteiger partial charge is 0.410 e. The predicted molar refractivity (Wildman–Crippen MR) is 74.1 cm³/mol. The molecule has 0 unspecified atom stereocenters. The summed E-state index contributed by atoms with van der Waals surface area (Å²) in [5.74, 6) is 0.635. The Labute approximate surface area is 119 Å². The third kappa shape index (κ3) is 3.12. The number of rotatable bonds is 1. The number of hydrogen-bond acceptors (Lipinski definition) is 4. The number of amides is 1. The summed E-state index contributed by atoms with van der Waals surface area (Å²) in [6.45, 7) is 10.6. The normalized spacial score (nSPS) is 16.0. The van der Waals surface area contributed by atoms with Gasteiger partial charge in [-0.2, -0.15) is 0 Å². The van der Waals surface area contributed by atoms with Crippen molar-refractivity contribution in [1.29, 1.82) is 0 Å². The first-order valence-corrected chi connectivity index (χ1v) is 6.83. The van der Waals surface area contributed by atoms with Crippen LogP contribution in [0.15, 0.2) is 6.20 Å². The van der Waals surface area contributed by atoms with E-state index in [1.54, 1.807) is 24.9 Å². The Hall–Kier alpha value is -1.56. The van der Waals surface area contributed by atoms with E-state index in [0.29, 0.717) is 25.5 Å². The van der Waals surface area contributed by atoms with Crippen LogP contribution in [0, 0.1) is 0 Å². The van der Waals surface area contributed by atoms with E-state index < -0.39 is 11.2 Å². The molecule has 2 rings (SSSR count). The summed E-state index contributed by atoms with van der Waals surface area (Å²) >= 11 is 0. The first-order chi connectivity index (χ1) is 9.08. The number of ether oxygens (including phenoxy) is 1. The summed E-state index contributed by atoms with van der Waals surface area (Å²) in [6, 6.07) is 0. The van der Waals surface area contributed by atoms with Crippen LogP contribution in [0.2, 0.25) is 0 Å². The van der Waals surface area contributed by atoms with Crippen LogP contribution >= 0.6 is 0 Å². The van der Waals surface area contributed by atoms with Crippen molar-refractivity contribution in [2.24, 2.45) is 0 Å². The molecule has 0 spiro atoms. The van der Waals surface area contributed by atoms with E-state index in [-0.39, 0.29) is 6.09 Å². The fraction of sp³-hybridized carbons (Fsp3) is 0.714. The molecule has 0 bridgehead atoms. The SMILES string of the molecule is CC(C)(C)OC(=O)N1CCn2c(cnc2C(C)(C)O)C1. The minimum atomic E-state index is -0.980. The highest BCUT2D eigenvalue weighted by Gasteiger charge is 2.30. The van der Waals surface area contributed by atoms with Crippen LogP contribution in [-0.2, 0) is 23.4 Å². The molecule has 1 aromatic heterocycles. The molecule has 1 amide bonds. The zero-order valence-corrected chi connectivity index (χ0v) is 12.8. The Kier molecular flexibility index (Phi) is 3.54. The molecular formula is C14H23N3O3. The van der Waals surface area contributed by atoms with Crippen molar-refractivity contribution in [3.63, 3.8) is 0 Å². The topological polar surface area (TPSA) is 67.6 Å². The number of imidazole rings is 1. The Balaban J connectivity index is 2.13. The molecule has 0 radical (unpaired) electrons. The van der Waals surface area contributed by atoms with Gasteiger partial charge in [0.15, 0.2) is 0 Å². The molecule has 6 nitrogen and oxygen atoms in total. The largest absolute Gasteiger partial charge is 0.444 e. The second-order valence-corrected chi connectivity index (χ2v) is 6.69. The molecule has 1 aliphatic rings. The monoisotopic (exact) mass is 281 g/mol. The van der Waals surface area contributed by atoms with Gasteiger partial charge in [0, 0.05) is 13.1 Å². The summed E-state index contributed by atoms with van der Waals surface area (Å²) in [5.41, 5.74) is -0.557. The van der Waals surface area contributed by atoms with Crippen LogP contribution in [0.3, 0.4) is 0 Å². The molecule has 0 saturated heterocycles. The van der Waals surface area contributed by atoms with Gasteiger partial charge in [-0.25, -0.2) is 9.78 Å². The maximum absolute atomic E-state index is 12.1. The van der Waals surface area contributed by atoms with Gasteiger partial charge in [0.05, 0.1) is 18.4 Å². The highest BCUT2D eigenvalue weighted by molar-refractivity contribution is 5.68. The van der Waals surface area contributed by atoms with E-state index in [0.717, 1.165) is 5.69 Å². The van der Waals surface area contributed by atoms with Crippen LogP contribution in [0.5, 0.6) is 0 Å². The van der Waals surface area contributed by atoms with Gasteiger partial charge in [0.2, 0.25) is 0 Å². The van der Waals surface area contributed by atoms with Gasteiger partial charge < -0.3 is 19.3 Å². The minimum Gasteiger partial charge on any atom is -0.444 e. The van der Waals surface area contributed by atoms with Gasteiger partial charge >= 0.3 is 6.09 Å². The van der Waals surface area contributed by atoms with E-state index in [1.807, 2.05) is 25.3 Å². The fourth-order valence-electron chi connectivity index (χ4n) is 2.25. The van der Waals surface area contributed by atoms with Crippen LogP contribution in [0.25, 0.3) is 0 Å². The average molecular weight is 281 g/mol. The number of aliphatic hydroxyl groups is 1. The van der Waals surface area contributed by atoms with Gasteiger partial charge in [-0.1, -0.05) is 0 Å². The lowest BCUT2D eigenvalue weighted by atomic mass is 10.1. The number of nitrogens with zero attached hydrogens (tertiary/aromatic N) is 3. The lowest BCUT2D eigenvalue weighted by Crippen LogP contribution is -2.42. The minimum absolute atomic E-state index is 0.310. The predicted octanol–water partition coefficient (Wildman–Crippen LogP) is 1.86. The first kappa shape index (κ1) is 14.8. The van der Waals surface area contributed by atoms with E-state index in [4.69, 9.17) is 4.74 Å². The van der Waals surface area contributed by atoms with Crippen molar-refractivity contribution in [1.82, 2.24) is 14.5 Å². The standard InChI is InChI=1S/C14H23N3O3/c1-13(2,3)20-12(18)16-6-7-17-10(9-16)8-15-11(17)14(4,5)19/h8,19H,6-7,9H2,1-5H3. The molecule has 0 atom stereocenters. The molecular weight excluding hydrogens is 258 g/mol. The fourth-order valence-corrected chi connectivity index (χ4v) is 2.25. The number of aromatic nitrogens is 2. The molecule has 2 heterocycles. The Morgan fingerprint density at radius 1 is 1.30 bits per heavy atom. The van der Waals surface area contributed by atoms with Crippen LogP contribution in [-0.4, -0.2) is 37.8 Å². The lowest BCUT2D eigenvalue weighted by molar-refractivity contribution is 0.0187. The maximum atomic E-state index is 12.1. The highest BCUT2D eigenvalue weighted by atomic mass is 16.6. The number of fused-ring (bicyclic) bond motifs is 1. The number of hydrogen-bond donors (Lipinski definition) is 1. The molecule has 1 aliphatic heterocycles. The summed E-state index contributed by atoms with van der Waals surface area (Å²) in [5, 5.41) is 10.1. The number of carbonyl (C=O) groups is 1. The zero-order valence-electron chi connectivity index (χ0n) is 12.8. The Morgan fingerprint density at radius 2 is 1.95 bits per heavy atom. The summed E-state index contributed by atoms with van der Waals surface area (Å²) in [7, 11) is 0. The van der Waals surface area contributed by atoms with Gasteiger partial charge in [-0.05, 0) is 34.6 Å². The van der Waals surface area contributed by atoms with Crippen molar-refractivity contribution in [3.8, 4) is 0 Å². The highest BCUT2D eigenvalue weighted by Crippen LogP contribution is 2.24. The Morgan fingerprint density at radius 3 is 2.50 bits per heavy atom. The molecule has 0 aliphatic carbocycles. The van der Waals surface area contributed by atoms with Gasteiger partial charge in [-0.3, -0.25) is 0 Å². The molecule has 112 valence electrons. The Bertz CT molecular complexity index is 509. The van der Waals surface area contributed by atoms with E-state index in [9.17, 15) is 9.90 Å². The van der Waals surface area contributed by atoms with Gasteiger partial charge in [0.1, 0.15) is 17.0 Å². The van der Waals surface area contributed by atoms with Crippen molar-refractivity contribution < 1.29 is 14.6 Å². The van der Waals surface area contributed by atoms with E-state index >= 15 is 0 Å². The maximum Gasteiger partial charge on any atom is 0.410 e. The quantitative estimate of drug-likeness (QED) is 0.853. The molecule has 1 aromatic rings. The molecule has 0 fully saturated rings. The molecule has 20 heavy (non-hydrogen) atoms. The zero-order chi connectivity index (χ0) is 15.1. The van der Waals surface area contributed by atoms with Crippen LogP contribution in [0.4, 0.5) is 4.79 Å². The second-order valence-electron chi connectivity index (χ2n) is 6.69. The van der Waals surface area contributed by atoms with Crippen molar-refractivity contribution in [2.75, 3.05) is 6.54 Å². The van der Waals surface area contributed by atoms with E-state index in [1.165, 1.54) is 0 Å². The third-order valence-electron chi connectivity index (χ3n) is 3.08. The van der Waals surface area contributed by atoms with Crippen LogP contribution in [0.1, 0.15) is 46.1 Å². The molecule has 0 saturated carbocycles. The van der Waals surface area contributed by atoms with Gasteiger partial charge in [0.25, 0.3) is 0 Å². The summed E-state index contributed by atoms with van der Waals surface area (Å²) in [4.78, 5) is 18.0. The van der Waals surface area contributed by atoms with E-state index in [2.05, 4.69) is 4.98 Å². The summed E-state index contributed by atoms with van der Waals surface area (Å²) < 4.78 is 7.35. The second kappa shape index (κ2) is 4.77. The first-order valence-electron chi connectivity index (χ1n) is 6.83. The van der Waals surface area contributed by atoms with Crippen molar-refractivity contribution in [3.05, 3.63) is 17.7 Å². The van der Waals surface area contributed by atoms with Crippen molar-refractivity contribution >= 4 is 6.09 Å². The van der Waals surface area contributed by atoms with Crippen molar-refractivity contribution in [2.45, 2.75) is 58.9 Å².